The van der Waals surface area contributed by atoms with E-state index in [0.29, 0.717) is 31.5 Å². The second kappa shape index (κ2) is 10.3. The number of likely N-dealkylation sites (tertiary alicyclic amines) is 1. The first-order valence-corrected chi connectivity index (χ1v) is 10.8. The van der Waals surface area contributed by atoms with Gasteiger partial charge >= 0.3 is 6.18 Å². The lowest BCUT2D eigenvalue weighted by atomic mass is 10.0. The van der Waals surface area contributed by atoms with Crippen LogP contribution >= 0.6 is 0 Å². The fraction of sp³-hybridized carbons (Fsp3) is 0.333. The van der Waals surface area contributed by atoms with E-state index in [2.05, 4.69) is 15.0 Å². The number of rotatable bonds is 6. The molecule has 2 aromatic heterocycles. The predicted octanol–water partition coefficient (Wildman–Crippen LogP) is 4.38. The maximum atomic E-state index is 14.6. The number of carbonyl (C=O) groups excluding carboxylic acids is 1. The molecule has 1 aliphatic heterocycles. The highest BCUT2D eigenvalue weighted by atomic mass is 19.4. The summed E-state index contributed by atoms with van der Waals surface area (Å²) in [6.07, 6.45) is 0.185. The number of hydrogen-bond donors (Lipinski definition) is 0. The van der Waals surface area contributed by atoms with Crippen molar-refractivity contribution in [2.75, 3.05) is 26.8 Å². The third-order valence-electron chi connectivity index (χ3n) is 5.61. The lowest BCUT2D eigenvalue weighted by molar-refractivity contribution is -0.138. The summed E-state index contributed by atoms with van der Waals surface area (Å²) in [5.41, 5.74) is -0.0480. The van der Waals surface area contributed by atoms with Crippen molar-refractivity contribution in [3.8, 4) is 28.4 Å². The van der Waals surface area contributed by atoms with Crippen molar-refractivity contribution in [2.24, 2.45) is 0 Å². The summed E-state index contributed by atoms with van der Waals surface area (Å²) in [6, 6.07) is 5.82. The Kier molecular flexibility index (Phi) is 7.25. The van der Waals surface area contributed by atoms with E-state index >= 15 is 0 Å². The van der Waals surface area contributed by atoms with E-state index in [9.17, 15) is 22.4 Å². The minimum absolute atomic E-state index is 0.0171. The summed E-state index contributed by atoms with van der Waals surface area (Å²) in [5.74, 6) is -0.604. The Morgan fingerprint density at radius 2 is 1.80 bits per heavy atom. The lowest BCUT2D eigenvalue weighted by Gasteiger charge is -2.31. The zero-order valence-corrected chi connectivity index (χ0v) is 18.8. The van der Waals surface area contributed by atoms with Crippen LogP contribution in [0.25, 0.3) is 22.5 Å². The number of methoxy groups -OCH3 is 1. The third kappa shape index (κ3) is 5.73. The average molecular weight is 490 g/mol. The Balaban J connectivity index is 1.60. The first kappa shape index (κ1) is 24.5. The molecule has 0 unspecified atom stereocenters. The number of aromatic nitrogens is 3. The van der Waals surface area contributed by atoms with Gasteiger partial charge in [-0.2, -0.15) is 13.2 Å². The number of pyridine rings is 1. The molecule has 1 amide bonds. The van der Waals surface area contributed by atoms with Crippen LogP contribution in [0, 0.1) is 5.82 Å². The standard InChI is InChI=1S/C24H22F4N4O3/c1-34-14-21(33)32-10-7-17(8-11-32)35-20-13-30-22(15-2-4-16(5-3-15)24(26,27)28)23(31-20)18-6-9-29-12-19(18)25/h2-6,9,12-13,17H,7-8,10-11,14H2,1H3. The molecule has 0 N–H and O–H groups in total. The molecular formula is C24H22F4N4O3. The predicted molar refractivity (Wildman–Crippen MR) is 118 cm³/mol. The number of alkyl halides is 3. The van der Waals surface area contributed by atoms with E-state index in [-0.39, 0.29) is 41.4 Å². The van der Waals surface area contributed by atoms with Gasteiger partial charge < -0.3 is 14.4 Å². The van der Waals surface area contributed by atoms with Crippen LogP contribution in [0.3, 0.4) is 0 Å². The van der Waals surface area contributed by atoms with Crippen LogP contribution in [0.4, 0.5) is 17.6 Å². The first-order chi connectivity index (χ1) is 16.8. The molecule has 7 nitrogen and oxygen atoms in total. The number of amides is 1. The Morgan fingerprint density at radius 1 is 1.09 bits per heavy atom. The fourth-order valence-corrected chi connectivity index (χ4v) is 3.82. The maximum absolute atomic E-state index is 14.6. The van der Waals surface area contributed by atoms with Crippen molar-refractivity contribution in [2.45, 2.75) is 25.1 Å². The molecule has 1 aliphatic rings. The van der Waals surface area contributed by atoms with Crippen LogP contribution in [-0.2, 0) is 15.7 Å². The van der Waals surface area contributed by atoms with E-state index in [1.165, 1.54) is 37.7 Å². The number of carbonyl (C=O) groups is 1. The van der Waals surface area contributed by atoms with Crippen LogP contribution < -0.4 is 4.74 Å². The molecule has 1 aromatic carbocycles. The molecule has 1 saturated heterocycles. The van der Waals surface area contributed by atoms with Gasteiger partial charge in [0.25, 0.3) is 0 Å². The number of nitrogens with zero attached hydrogens (tertiary/aromatic N) is 4. The highest BCUT2D eigenvalue weighted by Gasteiger charge is 2.30. The van der Waals surface area contributed by atoms with Crippen LogP contribution in [0.1, 0.15) is 18.4 Å². The van der Waals surface area contributed by atoms with Crippen molar-refractivity contribution >= 4 is 5.91 Å². The van der Waals surface area contributed by atoms with Crippen molar-refractivity contribution < 1.29 is 31.8 Å². The molecule has 1 fully saturated rings. The molecule has 4 rings (SSSR count). The Hall–Kier alpha value is -3.60. The second-order valence-electron chi connectivity index (χ2n) is 7.97. The molecule has 0 aliphatic carbocycles. The minimum atomic E-state index is -4.48. The summed E-state index contributed by atoms with van der Waals surface area (Å²) in [6.45, 7) is 1.01. The monoisotopic (exact) mass is 490 g/mol. The van der Waals surface area contributed by atoms with Crippen LogP contribution in [-0.4, -0.2) is 58.7 Å². The second-order valence-corrected chi connectivity index (χ2v) is 7.97. The van der Waals surface area contributed by atoms with E-state index in [4.69, 9.17) is 9.47 Å². The Labute approximate surface area is 198 Å². The van der Waals surface area contributed by atoms with Crippen molar-refractivity contribution in [3.05, 3.63) is 60.3 Å². The summed E-state index contributed by atoms with van der Waals surface area (Å²) in [5, 5.41) is 0. The van der Waals surface area contributed by atoms with E-state index < -0.39 is 17.6 Å². The smallest absolute Gasteiger partial charge is 0.416 e. The fourth-order valence-electron chi connectivity index (χ4n) is 3.82. The molecular weight excluding hydrogens is 468 g/mol. The molecule has 0 atom stereocenters. The van der Waals surface area contributed by atoms with Gasteiger partial charge in [0.15, 0.2) is 5.82 Å². The quantitative estimate of drug-likeness (QED) is 0.478. The van der Waals surface area contributed by atoms with Crippen LogP contribution in [0.15, 0.2) is 48.9 Å². The van der Waals surface area contributed by atoms with Crippen LogP contribution in [0.2, 0.25) is 0 Å². The minimum Gasteiger partial charge on any atom is -0.473 e. The summed E-state index contributed by atoms with van der Waals surface area (Å²) < 4.78 is 64.4. The Bertz CT molecular complexity index is 1180. The highest BCUT2D eigenvalue weighted by molar-refractivity contribution is 5.78. The van der Waals surface area contributed by atoms with Crippen LogP contribution in [0.5, 0.6) is 5.88 Å². The SMILES string of the molecule is COCC(=O)N1CCC(Oc2cnc(-c3ccc(C(F)(F)F)cc3)c(-c3ccncc3F)n2)CC1. The summed E-state index contributed by atoms with van der Waals surface area (Å²) in [4.78, 5) is 26.2. The zero-order chi connectivity index (χ0) is 25.0. The van der Waals surface area contributed by atoms with E-state index in [1.807, 2.05) is 0 Å². The third-order valence-corrected chi connectivity index (χ3v) is 5.61. The molecule has 3 aromatic rings. The lowest BCUT2D eigenvalue weighted by Crippen LogP contribution is -2.43. The normalized spacial score (nSPS) is 14.7. The van der Waals surface area contributed by atoms with Gasteiger partial charge in [0.1, 0.15) is 18.4 Å². The average Bonchev–Trinajstić information content (AvgIpc) is 2.84. The molecule has 35 heavy (non-hydrogen) atoms. The van der Waals surface area contributed by atoms with Gasteiger partial charge in [-0.3, -0.25) is 9.78 Å². The summed E-state index contributed by atoms with van der Waals surface area (Å²) in [7, 11) is 1.46. The van der Waals surface area contributed by atoms with Gasteiger partial charge in [-0.25, -0.2) is 14.4 Å². The molecule has 184 valence electrons. The van der Waals surface area contributed by atoms with Crippen molar-refractivity contribution in [3.63, 3.8) is 0 Å². The maximum Gasteiger partial charge on any atom is 0.416 e. The van der Waals surface area contributed by atoms with E-state index in [0.717, 1.165) is 18.3 Å². The topological polar surface area (TPSA) is 77.4 Å². The molecule has 0 spiro atoms. The largest absolute Gasteiger partial charge is 0.473 e. The molecule has 3 heterocycles. The Morgan fingerprint density at radius 3 is 2.43 bits per heavy atom. The molecule has 0 bridgehead atoms. The van der Waals surface area contributed by atoms with Gasteiger partial charge in [0.05, 0.1) is 23.7 Å². The van der Waals surface area contributed by atoms with E-state index in [1.54, 1.807) is 4.90 Å². The molecule has 11 heteroatoms. The molecule has 0 radical (unpaired) electrons. The zero-order valence-electron chi connectivity index (χ0n) is 18.8. The number of hydrogen-bond acceptors (Lipinski definition) is 6. The van der Waals surface area contributed by atoms with Gasteiger partial charge in [-0.05, 0) is 18.2 Å². The number of ether oxygens (including phenoxy) is 2. The van der Waals surface area contributed by atoms with Gasteiger partial charge in [-0.15, -0.1) is 0 Å². The highest BCUT2D eigenvalue weighted by Crippen LogP contribution is 2.35. The molecule has 0 saturated carbocycles. The number of halogens is 4. The first-order valence-electron chi connectivity index (χ1n) is 10.8. The van der Waals surface area contributed by atoms with Crippen molar-refractivity contribution in [1.82, 2.24) is 19.9 Å². The number of piperidine rings is 1. The van der Waals surface area contributed by atoms with Gasteiger partial charge in [0, 0.05) is 50.4 Å². The number of benzene rings is 1. The van der Waals surface area contributed by atoms with Gasteiger partial charge in [-0.1, -0.05) is 12.1 Å². The van der Waals surface area contributed by atoms with Crippen molar-refractivity contribution in [1.29, 1.82) is 0 Å². The van der Waals surface area contributed by atoms with Gasteiger partial charge in [0.2, 0.25) is 11.8 Å². The summed E-state index contributed by atoms with van der Waals surface area (Å²) >= 11 is 0.